The molecule has 1 saturated heterocycles. The van der Waals surface area contributed by atoms with Gasteiger partial charge in [0.1, 0.15) is 0 Å². The maximum atomic E-state index is 12.2. The topological polar surface area (TPSA) is 75.5 Å². The molecule has 1 heterocycles. The maximum absolute atomic E-state index is 12.2. The molecular weight excluding hydrogens is 270 g/mol. The summed E-state index contributed by atoms with van der Waals surface area (Å²) < 4.78 is 0. The van der Waals surface area contributed by atoms with Gasteiger partial charge in [0.2, 0.25) is 0 Å². The Morgan fingerprint density at radius 1 is 1.53 bits per heavy atom. The number of hydrogen-bond acceptors (Lipinski definition) is 4. The molecule has 0 radical (unpaired) electrons. The van der Waals surface area contributed by atoms with Crippen molar-refractivity contribution in [3.8, 4) is 0 Å². The average molecular weight is 286 g/mol. The zero-order valence-electron chi connectivity index (χ0n) is 10.5. The lowest BCUT2D eigenvalue weighted by atomic mass is 10.1. The van der Waals surface area contributed by atoms with Crippen molar-refractivity contribution >= 4 is 24.0 Å². The fraction of sp³-hybridized carbons (Fsp3) is 0.417. The van der Waals surface area contributed by atoms with Crippen LogP contribution in [0.25, 0.3) is 0 Å². The van der Waals surface area contributed by atoms with Gasteiger partial charge in [-0.3, -0.25) is 14.9 Å². The number of nitrogens with one attached hydrogen (secondary N) is 1. The van der Waals surface area contributed by atoms with Gasteiger partial charge < -0.3 is 10.2 Å². The summed E-state index contributed by atoms with van der Waals surface area (Å²) in [5.74, 6) is -0.146. The summed E-state index contributed by atoms with van der Waals surface area (Å²) in [5, 5.41) is 13.9. The average Bonchev–Trinajstić information content (AvgIpc) is 2.38. The van der Waals surface area contributed by atoms with Crippen molar-refractivity contribution in [1.82, 2.24) is 10.2 Å². The van der Waals surface area contributed by atoms with Gasteiger partial charge in [-0.2, -0.15) is 0 Å². The van der Waals surface area contributed by atoms with Crippen LogP contribution >= 0.6 is 12.4 Å². The van der Waals surface area contributed by atoms with Gasteiger partial charge in [-0.05, 0) is 13.0 Å². The summed E-state index contributed by atoms with van der Waals surface area (Å²) in [6, 6.07) is 6.12. The van der Waals surface area contributed by atoms with Crippen LogP contribution in [0, 0.1) is 10.1 Å². The van der Waals surface area contributed by atoms with Crippen molar-refractivity contribution in [3.63, 3.8) is 0 Å². The minimum absolute atomic E-state index is 0. The van der Waals surface area contributed by atoms with Crippen LogP contribution in [0.2, 0.25) is 0 Å². The van der Waals surface area contributed by atoms with Gasteiger partial charge in [-0.1, -0.05) is 6.07 Å². The zero-order valence-corrected chi connectivity index (χ0v) is 11.4. The van der Waals surface area contributed by atoms with E-state index in [1.54, 1.807) is 11.0 Å². The molecule has 1 fully saturated rings. The molecule has 0 aromatic heterocycles. The molecule has 1 atom stereocenters. The molecule has 19 heavy (non-hydrogen) atoms. The van der Waals surface area contributed by atoms with Crippen molar-refractivity contribution in [2.24, 2.45) is 0 Å². The summed E-state index contributed by atoms with van der Waals surface area (Å²) >= 11 is 0. The highest BCUT2D eigenvalue weighted by Gasteiger charge is 2.22. The first-order chi connectivity index (χ1) is 8.58. The van der Waals surface area contributed by atoms with Gasteiger partial charge in [0.15, 0.2) is 0 Å². The first-order valence-corrected chi connectivity index (χ1v) is 5.85. The first kappa shape index (κ1) is 15.4. The van der Waals surface area contributed by atoms with Gasteiger partial charge in [0.25, 0.3) is 11.6 Å². The highest BCUT2D eigenvalue weighted by atomic mass is 35.5. The number of non-ortho nitro benzene ring substituents is 1. The van der Waals surface area contributed by atoms with Gasteiger partial charge in [-0.15, -0.1) is 12.4 Å². The quantitative estimate of drug-likeness (QED) is 0.659. The Kier molecular flexibility index (Phi) is 5.26. The monoisotopic (exact) mass is 285 g/mol. The summed E-state index contributed by atoms with van der Waals surface area (Å²) in [6.45, 7) is 4.02. The van der Waals surface area contributed by atoms with Crippen LogP contribution in [0.3, 0.4) is 0 Å². The molecule has 1 aliphatic heterocycles. The highest BCUT2D eigenvalue weighted by Crippen LogP contribution is 2.15. The van der Waals surface area contributed by atoms with E-state index in [4.69, 9.17) is 0 Å². The molecule has 1 aromatic rings. The Labute approximate surface area is 117 Å². The van der Waals surface area contributed by atoms with Crippen molar-refractivity contribution < 1.29 is 9.72 Å². The Bertz CT molecular complexity index is 481. The molecular formula is C12H16ClN3O3. The number of nitrogens with zero attached hydrogens (tertiary/aromatic N) is 2. The van der Waals surface area contributed by atoms with Crippen molar-refractivity contribution in [1.29, 1.82) is 0 Å². The van der Waals surface area contributed by atoms with Crippen molar-refractivity contribution in [3.05, 3.63) is 39.9 Å². The predicted octanol–water partition coefficient (Wildman–Crippen LogP) is 1.45. The molecule has 1 aromatic carbocycles. The number of hydrogen-bond donors (Lipinski definition) is 1. The van der Waals surface area contributed by atoms with Gasteiger partial charge in [0.05, 0.1) is 4.92 Å². The molecule has 7 heteroatoms. The molecule has 0 bridgehead atoms. The number of carbonyl (C=O) groups is 1. The number of halogens is 1. The van der Waals surface area contributed by atoms with Crippen LogP contribution in [0.15, 0.2) is 24.3 Å². The molecule has 0 unspecified atom stereocenters. The summed E-state index contributed by atoms with van der Waals surface area (Å²) in [6.07, 6.45) is 0. The van der Waals surface area contributed by atoms with E-state index in [2.05, 4.69) is 5.32 Å². The lowest BCUT2D eigenvalue weighted by molar-refractivity contribution is -0.384. The molecule has 0 aliphatic carbocycles. The third-order valence-electron chi connectivity index (χ3n) is 2.96. The lowest BCUT2D eigenvalue weighted by Crippen LogP contribution is -2.51. The van der Waals surface area contributed by atoms with Crippen LogP contribution in [0.1, 0.15) is 17.3 Å². The lowest BCUT2D eigenvalue weighted by Gasteiger charge is -2.31. The molecule has 104 valence electrons. The molecule has 1 amide bonds. The molecule has 1 N–H and O–H groups in total. The third-order valence-corrected chi connectivity index (χ3v) is 2.96. The number of carbonyl (C=O) groups excluding carboxylic acids is 1. The van der Waals surface area contributed by atoms with Crippen LogP contribution in [0.4, 0.5) is 5.69 Å². The van der Waals surface area contributed by atoms with Crippen LogP contribution in [-0.2, 0) is 0 Å². The summed E-state index contributed by atoms with van der Waals surface area (Å²) in [7, 11) is 0. The van der Waals surface area contributed by atoms with Crippen LogP contribution in [0.5, 0.6) is 0 Å². The fourth-order valence-corrected chi connectivity index (χ4v) is 2.05. The normalized spacial score (nSPS) is 18.6. The van der Waals surface area contributed by atoms with Crippen LogP contribution < -0.4 is 5.32 Å². The Morgan fingerprint density at radius 2 is 2.26 bits per heavy atom. The molecule has 0 spiro atoms. The number of piperazine rings is 1. The van der Waals surface area contributed by atoms with Gasteiger partial charge in [-0.25, -0.2) is 0 Å². The number of nitro groups is 1. The first-order valence-electron chi connectivity index (χ1n) is 5.85. The Hall–Kier alpha value is -1.66. The SMILES string of the molecule is C[C@@H]1CN(C(=O)c2cccc([N+](=O)[O-])c2)CCN1.Cl. The summed E-state index contributed by atoms with van der Waals surface area (Å²) in [5.41, 5.74) is 0.322. The largest absolute Gasteiger partial charge is 0.336 e. The standard InChI is InChI=1S/C12H15N3O3.ClH/c1-9-8-14(6-5-13-9)12(16)10-3-2-4-11(7-10)15(17)18;/h2-4,7,9,13H,5-6,8H2,1H3;1H/t9-;/m1./s1. The third kappa shape index (κ3) is 3.65. The molecule has 6 nitrogen and oxygen atoms in total. The number of benzene rings is 1. The zero-order chi connectivity index (χ0) is 13.1. The second-order valence-electron chi connectivity index (χ2n) is 4.41. The minimum Gasteiger partial charge on any atom is -0.336 e. The Balaban J connectivity index is 0.00000180. The van der Waals surface area contributed by atoms with E-state index >= 15 is 0 Å². The second kappa shape index (κ2) is 6.49. The maximum Gasteiger partial charge on any atom is 0.270 e. The van der Waals surface area contributed by atoms with E-state index < -0.39 is 4.92 Å². The van der Waals surface area contributed by atoms with Gasteiger partial charge in [0, 0.05) is 43.4 Å². The smallest absolute Gasteiger partial charge is 0.270 e. The van der Waals surface area contributed by atoms with Gasteiger partial charge >= 0.3 is 0 Å². The van der Waals surface area contributed by atoms with E-state index in [-0.39, 0.29) is 30.0 Å². The predicted molar refractivity (Wildman–Crippen MR) is 73.7 cm³/mol. The molecule has 1 aliphatic rings. The minimum atomic E-state index is -0.489. The highest BCUT2D eigenvalue weighted by molar-refractivity contribution is 5.94. The Morgan fingerprint density at radius 3 is 2.89 bits per heavy atom. The number of amides is 1. The number of nitro benzene ring substituents is 1. The van der Waals surface area contributed by atoms with E-state index in [0.717, 1.165) is 6.54 Å². The summed E-state index contributed by atoms with van der Waals surface area (Å²) in [4.78, 5) is 24.1. The van der Waals surface area contributed by atoms with E-state index in [1.165, 1.54) is 18.2 Å². The molecule has 2 rings (SSSR count). The van der Waals surface area contributed by atoms with E-state index in [1.807, 2.05) is 6.92 Å². The second-order valence-corrected chi connectivity index (χ2v) is 4.41. The van der Waals surface area contributed by atoms with Crippen molar-refractivity contribution in [2.45, 2.75) is 13.0 Å². The number of rotatable bonds is 2. The van der Waals surface area contributed by atoms with Crippen LogP contribution in [-0.4, -0.2) is 41.4 Å². The molecule has 0 saturated carbocycles. The van der Waals surface area contributed by atoms with Crippen molar-refractivity contribution in [2.75, 3.05) is 19.6 Å². The fourth-order valence-electron chi connectivity index (χ4n) is 2.05. The van der Waals surface area contributed by atoms with E-state index in [9.17, 15) is 14.9 Å². The van der Waals surface area contributed by atoms with E-state index in [0.29, 0.717) is 18.7 Å².